The van der Waals surface area contributed by atoms with Gasteiger partial charge in [0.05, 0.1) is 24.5 Å². The van der Waals surface area contributed by atoms with Crippen LogP contribution in [0.15, 0.2) is 66.8 Å². The fourth-order valence-corrected chi connectivity index (χ4v) is 5.77. The normalized spacial score (nSPS) is 22.5. The number of carbonyl (C=O) groups excluding carboxylic acids is 3. The number of morpholine rings is 1. The van der Waals surface area contributed by atoms with Crippen LogP contribution < -0.4 is 9.64 Å². The van der Waals surface area contributed by atoms with E-state index in [9.17, 15) is 19.5 Å². The molecule has 3 aliphatic rings. The Morgan fingerprint density at radius 2 is 1.79 bits per heavy atom. The van der Waals surface area contributed by atoms with Crippen molar-refractivity contribution in [1.82, 2.24) is 9.80 Å². The standard InChI is InChI=1S/C30H33N3O6/c1-3-18-39-22-12-10-21(11-13-22)26(34)25-27(35)28(36)33(15-7-14-31-16-19-38-20-17-31)30(25)23-8-5-6-9-24(23)32(4-2)29(30)37/h3,5-6,8-13,34H,1,4,7,14-20H2,2H3. The number of carbonyl (C=O) groups is 3. The molecule has 5 rings (SSSR count). The van der Waals surface area contributed by atoms with Crippen LogP contribution in [-0.2, 0) is 24.7 Å². The Labute approximate surface area is 227 Å². The van der Waals surface area contributed by atoms with Crippen molar-refractivity contribution in [3.05, 3.63) is 77.9 Å². The van der Waals surface area contributed by atoms with Gasteiger partial charge in [-0.1, -0.05) is 30.9 Å². The van der Waals surface area contributed by atoms with E-state index in [1.54, 1.807) is 47.4 Å². The lowest BCUT2D eigenvalue weighted by molar-refractivity contribution is -0.143. The van der Waals surface area contributed by atoms with Gasteiger partial charge in [-0.3, -0.25) is 19.3 Å². The van der Waals surface area contributed by atoms with Crippen molar-refractivity contribution >= 4 is 29.0 Å². The molecule has 0 bridgehead atoms. The molecular weight excluding hydrogens is 498 g/mol. The molecule has 1 unspecified atom stereocenters. The van der Waals surface area contributed by atoms with E-state index >= 15 is 0 Å². The Balaban J connectivity index is 1.60. The highest BCUT2D eigenvalue weighted by atomic mass is 16.5. The van der Waals surface area contributed by atoms with E-state index in [0.29, 0.717) is 61.9 Å². The van der Waals surface area contributed by atoms with E-state index in [-0.39, 0.29) is 17.9 Å². The number of benzene rings is 2. The van der Waals surface area contributed by atoms with Crippen molar-refractivity contribution in [3.63, 3.8) is 0 Å². The molecule has 9 nitrogen and oxygen atoms in total. The summed E-state index contributed by atoms with van der Waals surface area (Å²) in [4.78, 5) is 46.8. The summed E-state index contributed by atoms with van der Waals surface area (Å²) in [5.41, 5.74) is -0.480. The molecule has 39 heavy (non-hydrogen) atoms. The SMILES string of the molecule is C=CCOc1ccc(C(O)=C2C(=O)C(=O)N(CCCN3CCOCC3)C23C(=O)N(CC)c2ccccc23)cc1. The van der Waals surface area contributed by atoms with Gasteiger partial charge in [-0.2, -0.15) is 0 Å². The zero-order valence-corrected chi connectivity index (χ0v) is 22.1. The number of likely N-dealkylation sites (N-methyl/N-ethyl adjacent to an activating group) is 1. The summed E-state index contributed by atoms with van der Waals surface area (Å²) in [6.07, 6.45) is 2.18. The lowest BCUT2D eigenvalue weighted by atomic mass is 9.82. The van der Waals surface area contributed by atoms with Crippen molar-refractivity contribution in [2.24, 2.45) is 0 Å². The molecule has 2 fully saturated rings. The highest BCUT2D eigenvalue weighted by Gasteiger charge is 2.66. The van der Waals surface area contributed by atoms with Crippen molar-refractivity contribution in [3.8, 4) is 5.75 Å². The summed E-state index contributed by atoms with van der Waals surface area (Å²) in [5.74, 6) is -1.90. The minimum Gasteiger partial charge on any atom is -0.507 e. The van der Waals surface area contributed by atoms with Crippen LogP contribution in [-0.4, -0.2) is 85.0 Å². The molecule has 0 aliphatic carbocycles. The largest absolute Gasteiger partial charge is 0.507 e. The number of para-hydroxylation sites is 1. The molecule has 1 spiro atoms. The summed E-state index contributed by atoms with van der Waals surface area (Å²) in [7, 11) is 0. The molecular formula is C30H33N3O6. The molecule has 0 radical (unpaired) electrons. The highest BCUT2D eigenvalue weighted by Crippen LogP contribution is 2.53. The number of aliphatic hydroxyl groups excluding tert-OH is 1. The molecule has 9 heteroatoms. The van der Waals surface area contributed by atoms with E-state index in [2.05, 4.69) is 11.5 Å². The first-order chi connectivity index (χ1) is 18.9. The van der Waals surface area contributed by atoms with E-state index < -0.39 is 23.1 Å². The molecule has 2 aromatic carbocycles. The number of hydrogen-bond donors (Lipinski definition) is 1. The minimum atomic E-state index is -1.74. The second-order valence-electron chi connectivity index (χ2n) is 9.72. The lowest BCUT2D eigenvalue weighted by Gasteiger charge is -2.35. The summed E-state index contributed by atoms with van der Waals surface area (Å²) in [6.45, 7) is 9.93. The Morgan fingerprint density at radius 1 is 1.08 bits per heavy atom. The third-order valence-corrected chi connectivity index (χ3v) is 7.58. The first-order valence-electron chi connectivity index (χ1n) is 13.3. The van der Waals surface area contributed by atoms with Gasteiger partial charge in [0.2, 0.25) is 0 Å². The molecule has 2 aromatic rings. The lowest BCUT2D eigenvalue weighted by Crippen LogP contribution is -2.52. The zero-order chi connectivity index (χ0) is 27.6. The molecule has 1 atom stereocenters. The second-order valence-corrected chi connectivity index (χ2v) is 9.72. The third-order valence-electron chi connectivity index (χ3n) is 7.58. The van der Waals surface area contributed by atoms with E-state index in [1.807, 2.05) is 19.1 Å². The zero-order valence-electron chi connectivity index (χ0n) is 22.1. The topological polar surface area (TPSA) is 99.6 Å². The van der Waals surface area contributed by atoms with Crippen LogP contribution in [0.4, 0.5) is 5.69 Å². The third kappa shape index (κ3) is 4.41. The molecule has 3 heterocycles. The van der Waals surface area contributed by atoms with Gasteiger partial charge in [0.15, 0.2) is 5.54 Å². The van der Waals surface area contributed by atoms with Crippen LogP contribution in [0.1, 0.15) is 24.5 Å². The van der Waals surface area contributed by atoms with Gasteiger partial charge in [-0.05, 0) is 43.7 Å². The average Bonchev–Trinajstić information content (AvgIpc) is 3.35. The van der Waals surface area contributed by atoms with Crippen molar-refractivity contribution < 1.29 is 29.0 Å². The number of ether oxygens (including phenoxy) is 2. The van der Waals surface area contributed by atoms with Gasteiger partial charge in [0.25, 0.3) is 17.6 Å². The molecule has 0 saturated carbocycles. The van der Waals surface area contributed by atoms with Crippen LogP contribution in [0, 0.1) is 0 Å². The Kier molecular flexibility index (Phi) is 7.54. The quantitative estimate of drug-likeness (QED) is 0.230. The predicted molar refractivity (Wildman–Crippen MR) is 146 cm³/mol. The maximum absolute atomic E-state index is 14.3. The monoisotopic (exact) mass is 531 g/mol. The van der Waals surface area contributed by atoms with Crippen LogP contribution in [0.2, 0.25) is 0 Å². The molecule has 1 N–H and O–H groups in total. The molecule has 3 aliphatic heterocycles. The number of ketones is 1. The van der Waals surface area contributed by atoms with Crippen LogP contribution in [0.25, 0.3) is 5.76 Å². The van der Waals surface area contributed by atoms with E-state index in [0.717, 1.165) is 13.1 Å². The van der Waals surface area contributed by atoms with E-state index in [4.69, 9.17) is 9.47 Å². The summed E-state index contributed by atoms with van der Waals surface area (Å²) in [6, 6.07) is 13.7. The predicted octanol–water partition coefficient (Wildman–Crippen LogP) is 2.92. The number of Topliss-reactive ketones (excluding diaryl/α,β-unsaturated/α-hetero) is 1. The number of rotatable bonds is 9. The number of anilines is 1. The smallest absolute Gasteiger partial charge is 0.296 e. The summed E-state index contributed by atoms with van der Waals surface area (Å²) >= 11 is 0. The Morgan fingerprint density at radius 3 is 2.49 bits per heavy atom. The average molecular weight is 532 g/mol. The van der Waals surface area contributed by atoms with Gasteiger partial charge >= 0.3 is 0 Å². The first-order valence-corrected chi connectivity index (χ1v) is 13.3. The van der Waals surface area contributed by atoms with Crippen molar-refractivity contribution in [2.75, 3.05) is 57.4 Å². The molecule has 0 aromatic heterocycles. The van der Waals surface area contributed by atoms with Crippen molar-refractivity contribution in [2.45, 2.75) is 18.9 Å². The van der Waals surface area contributed by atoms with Crippen molar-refractivity contribution in [1.29, 1.82) is 0 Å². The number of aliphatic hydroxyl groups is 1. The van der Waals surface area contributed by atoms with Gasteiger partial charge in [0.1, 0.15) is 18.1 Å². The van der Waals surface area contributed by atoms with Gasteiger partial charge in [-0.25, -0.2) is 0 Å². The fraction of sp³-hybridized carbons (Fsp3) is 0.367. The van der Waals surface area contributed by atoms with Gasteiger partial charge in [-0.15, -0.1) is 0 Å². The summed E-state index contributed by atoms with van der Waals surface area (Å²) in [5, 5.41) is 11.6. The summed E-state index contributed by atoms with van der Waals surface area (Å²) < 4.78 is 11.0. The number of likely N-dealkylation sites (tertiary alicyclic amines) is 1. The Hall–Kier alpha value is -3.95. The highest BCUT2D eigenvalue weighted by molar-refractivity contribution is 6.50. The van der Waals surface area contributed by atoms with Crippen LogP contribution in [0.5, 0.6) is 5.75 Å². The number of hydrogen-bond acceptors (Lipinski definition) is 7. The maximum Gasteiger partial charge on any atom is 0.296 e. The maximum atomic E-state index is 14.3. The second kappa shape index (κ2) is 11.0. The van der Waals surface area contributed by atoms with Crippen LogP contribution >= 0.6 is 0 Å². The molecule has 2 saturated heterocycles. The molecule has 204 valence electrons. The van der Waals surface area contributed by atoms with E-state index in [1.165, 1.54) is 4.90 Å². The Bertz CT molecular complexity index is 1310. The number of amides is 2. The minimum absolute atomic E-state index is 0.185. The number of nitrogens with zero attached hydrogens (tertiary/aromatic N) is 3. The number of fused-ring (bicyclic) bond motifs is 2. The first kappa shape index (κ1) is 26.6. The van der Waals surface area contributed by atoms with Gasteiger partial charge < -0.3 is 24.4 Å². The van der Waals surface area contributed by atoms with Crippen LogP contribution in [0.3, 0.4) is 0 Å². The fourth-order valence-electron chi connectivity index (χ4n) is 5.77. The molecule has 2 amide bonds. The van der Waals surface area contributed by atoms with Gasteiger partial charge in [0, 0.05) is 43.9 Å².